The van der Waals surface area contributed by atoms with Gasteiger partial charge in [0.15, 0.2) is 0 Å². The van der Waals surface area contributed by atoms with E-state index in [0.717, 1.165) is 11.8 Å². The Kier molecular flexibility index (Phi) is 0.647. The topological polar surface area (TPSA) is 0 Å². The van der Waals surface area contributed by atoms with Crippen LogP contribution in [0.15, 0.2) is 22.3 Å². The zero-order chi connectivity index (χ0) is 6.88. The molecule has 0 bridgehead atoms. The van der Waals surface area contributed by atoms with Gasteiger partial charge in [0, 0.05) is 5.92 Å². The van der Waals surface area contributed by atoms with E-state index in [2.05, 4.69) is 13.8 Å². The Bertz CT molecular complexity index is 276. The van der Waals surface area contributed by atoms with E-state index in [9.17, 15) is 0 Å². The maximum atomic E-state index is 2.33. The second kappa shape index (κ2) is 1.25. The van der Waals surface area contributed by atoms with E-state index in [1.807, 2.05) is 0 Å². The van der Waals surface area contributed by atoms with Crippen molar-refractivity contribution in [3.8, 4) is 0 Å². The molecule has 0 heteroatoms. The molecular weight excluding hydrogens is 120 g/mol. The predicted molar refractivity (Wildman–Crippen MR) is 41.6 cm³/mol. The number of rotatable bonds is 1. The first-order chi connectivity index (χ1) is 4.79. The fraction of sp³-hybridized carbons (Fsp3) is 0.600. The molecule has 0 aromatic heterocycles. The molecule has 0 N–H and O–H groups in total. The fourth-order valence-electron chi connectivity index (χ4n) is 2.45. The minimum absolute atomic E-state index is 0.801. The number of fused-ring (bicyclic) bond motifs is 2. The van der Waals surface area contributed by atoms with Crippen LogP contribution in [0.5, 0.6) is 0 Å². The summed E-state index contributed by atoms with van der Waals surface area (Å²) in [6.07, 6.45) is 2.80. The summed E-state index contributed by atoms with van der Waals surface area (Å²) in [6.45, 7) is 4.65. The molecule has 1 unspecified atom stereocenters. The SMILES string of the molecule is CC(C)C1=C2CC2C2=C1C2. The van der Waals surface area contributed by atoms with Gasteiger partial charge in [0.1, 0.15) is 0 Å². The maximum Gasteiger partial charge on any atom is 0.00603 e. The molecule has 0 aliphatic heterocycles. The summed E-state index contributed by atoms with van der Waals surface area (Å²) in [5, 5.41) is 0. The first-order valence-corrected chi connectivity index (χ1v) is 4.24. The number of hydrogen-bond acceptors (Lipinski definition) is 0. The summed E-state index contributed by atoms with van der Waals surface area (Å²) in [5.41, 5.74) is 7.10. The van der Waals surface area contributed by atoms with Crippen molar-refractivity contribution in [3.63, 3.8) is 0 Å². The van der Waals surface area contributed by atoms with Crippen LogP contribution in [0.2, 0.25) is 0 Å². The second-order valence-electron chi connectivity index (χ2n) is 4.03. The molecule has 3 aliphatic carbocycles. The highest BCUT2D eigenvalue weighted by Gasteiger charge is 2.50. The Balaban J connectivity index is 2.09. The summed E-state index contributed by atoms with van der Waals surface area (Å²) in [4.78, 5) is 0. The molecule has 0 radical (unpaired) electrons. The zero-order valence-electron chi connectivity index (χ0n) is 6.57. The van der Waals surface area contributed by atoms with Crippen molar-refractivity contribution in [2.75, 3.05) is 0 Å². The van der Waals surface area contributed by atoms with Crippen LogP contribution in [0, 0.1) is 11.8 Å². The highest BCUT2D eigenvalue weighted by molar-refractivity contribution is 5.68. The van der Waals surface area contributed by atoms with E-state index in [0.29, 0.717) is 0 Å². The largest absolute Gasteiger partial charge is 0.0587 e. The number of allylic oxidation sites excluding steroid dienone is 4. The van der Waals surface area contributed by atoms with E-state index >= 15 is 0 Å². The molecule has 3 rings (SSSR count). The Morgan fingerprint density at radius 3 is 2.50 bits per heavy atom. The van der Waals surface area contributed by atoms with Gasteiger partial charge in [-0.3, -0.25) is 0 Å². The maximum absolute atomic E-state index is 2.33. The van der Waals surface area contributed by atoms with E-state index in [1.54, 1.807) is 22.3 Å². The predicted octanol–water partition coefficient (Wildman–Crippen LogP) is 2.67. The smallest absolute Gasteiger partial charge is 0.00603 e. The van der Waals surface area contributed by atoms with Gasteiger partial charge in [0.05, 0.1) is 0 Å². The van der Waals surface area contributed by atoms with Crippen LogP contribution in [0.1, 0.15) is 26.7 Å². The van der Waals surface area contributed by atoms with Gasteiger partial charge in [-0.05, 0) is 29.9 Å². The third kappa shape index (κ3) is 0.416. The van der Waals surface area contributed by atoms with E-state index in [4.69, 9.17) is 0 Å². The van der Waals surface area contributed by atoms with Crippen molar-refractivity contribution in [2.24, 2.45) is 11.8 Å². The van der Waals surface area contributed by atoms with Crippen molar-refractivity contribution in [2.45, 2.75) is 26.7 Å². The molecule has 0 spiro atoms. The fourth-order valence-corrected chi connectivity index (χ4v) is 2.45. The molecule has 10 heavy (non-hydrogen) atoms. The molecule has 52 valence electrons. The average molecular weight is 132 g/mol. The molecule has 1 fully saturated rings. The van der Waals surface area contributed by atoms with Crippen LogP contribution in [0.4, 0.5) is 0 Å². The summed E-state index contributed by atoms with van der Waals surface area (Å²) >= 11 is 0. The van der Waals surface area contributed by atoms with Gasteiger partial charge in [0.25, 0.3) is 0 Å². The van der Waals surface area contributed by atoms with Crippen molar-refractivity contribution in [1.82, 2.24) is 0 Å². The van der Waals surface area contributed by atoms with Gasteiger partial charge in [-0.2, -0.15) is 0 Å². The van der Waals surface area contributed by atoms with Crippen LogP contribution < -0.4 is 0 Å². The van der Waals surface area contributed by atoms with Crippen molar-refractivity contribution < 1.29 is 0 Å². The Morgan fingerprint density at radius 1 is 1.30 bits per heavy atom. The van der Waals surface area contributed by atoms with Crippen LogP contribution in [0.3, 0.4) is 0 Å². The molecule has 3 aliphatic rings. The number of hydrogen-bond donors (Lipinski definition) is 0. The second-order valence-corrected chi connectivity index (χ2v) is 4.03. The Morgan fingerprint density at radius 2 is 2.10 bits per heavy atom. The van der Waals surface area contributed by atoms with E-state index in [-0.39, 0.29) is 0 Å². The molecule has 0 amide bonds. The molecule has 1 saturated carbocycles. The standard InChI is InChI=1S/C10H12/c1-5(2)10-8-3-6(8)7-4-9(7)10/h5-6H,3-4H2,1-2H3. The molecule has 0 aromatic rings. The highest BCUT2D eigenvalue weighted by atomic mass is 14.5. The van der Waals surface area contributed by atoms with E-state index < -0.39 is 0 Å². The quantitative estimate of drug-likeness (QED) is 0.514. The first kappa shape index (κ1) is 5.17. The van der Waals surface area contributed by atoms with Gasteiger partial charge < -0.3 is 0 Å². The minimum Gasteiger partial charge on any atom is -0.0587 e. The van der Waals surface area contributed by atoms with Gasteiger partial charge in [0.2, 0.25) is 0 Å². The van der Waals surface area contributed by atoms with Crippen LogP contribution >= 0.6 is 0 Å². The molecule has 1 atom stereocenters. The summed E-state index contributed by atoms with van der Waals surface area (Å²) in [6, 6.07) is 0. The van der Waals surface area contributed by atoms with Crippen molar-refractivity contribution in [3.05, 3.63) is 22.3 Å². The zero-order valence-corrected chi connectivity index (χ0v) is 6.57. The van der Waals surface area contributed by atoms with Gasteiger partial charge in [-0.25, -0.2) is 0 Å². The van der Waals surface area contributed by atoms with Gasteiger partial charge >= 0.3 is 0 Å². The van der Waals surface area contributed by atoms with Crippen molar-refractivity contribution in [1.29, 1.82) is 0 Å². The van der Waals surface area contributed by atoms with Crippen molar-refractivity contribution >= 4 is 0 Å². The lowest BCUT2D eigenvalue weighted by Gasteiger charge is -2.05. The van der Waals surface area contributed by atoms with Gasteiger partial charge in [-0.1, -0.05) is 25.0 Å². The summed E-state index contributed by atoms with van der Waals surface area (Å²) in [7, 11) is 0. The lowest BCUT2D eigenvalue weighted by molar-refractivity contribution is 0.779. The van der Waals surface area contributed by atoms with Gasteiger partial charge in [-0.15, -0.1) is 0 Å². The minimum atomic E-state index is 0.801. The molecule has 0 aromatic carbocycles. The highest BCUT2D eigenvalue weighted by Crippen LogP contribution is 2.65. The van der Waals surface area contributed by atoms with E-state index in [1.165, 1.54) is 12.8 Å². The third-order valence-corrected chi connectivity index (χ3v) is 2.98. The lowest BCUT2D eigenvalue weighted by Crippen LogP contribution is -1.91. The molecular formula is C10H12. The molecule has 0 nitrogen and oxygen atoms in total. The summed E-state index contributed by atoms with van der Waals surface area (Å²) in [5.74, 6) is 1.78. The molecule has 0 saturated heterocycles. The van der Waals surface area contributed by atoms with Crippen LogP contribution in [-0.4, -0.2) is 0 Å². The lowest BCUT2D eigenvalue weighted by atomic mass is 10.00. The normalized spacial score (nSPS) is 33.3. The third-order valence-electron chi connectivity index (χ3n) is 2.98. The van der Waals surface area contributed by atoms with Crippen LogP contribution in [-0.2, 0) is 0 Å². The first-order valence-electron chi connectivity index (χ1n) is 4.24. The average Bonchev–Trinajstić information content (AvgIpc) is 2.66. The monoisotopic (exact) mass is 132 g/mol. The summed E-state index contributed by atoms with van der Waals surface area (Å²) < 4.78 is 0. The Hall–Kier alpha value is -0.520. The van der Waals surface area contributed by atoms with Crippen LogP contribution in [0.25, 0.3) is 0 Å². The molecule has 0 heterocycles. The Labute approximate surface area is 61.6 Å².